The van der Waals surface area contributed by atoms with Crippen molar-refractivity contribution in [1.82, 2.24) is 0 Å². The number of carbonyl (C=O) groups excluding carboxylic acids is 3. The number of thiophene rings is 1. The first-order valence-electron chi connectivity index (χ1n) is 9.86. The van der Waals surface area contributed by atoms with Crippen molar-refractivity contribution < 1.29 is 14.4 Å². The minimum Gasteiger partial charge on any atom is -0.371 e. The average molecular weight is 413 g/mol. The lowest BCUT2D eigenvalue weighted by atomic mass is 9.96. The molecule has 2 heterocycles. The van der Waals surface area contributed by atoms with Crippen molar-refractivity contribution in [2.24, 2.45) is 17.6 Å². The van der Waals surface area contributed by atoms with Gasteiger partial charge in [-0.05, 0) is 62.1 Å². The molecular weight excluding hydrogens is 388 g/mol. The summed E-state index contributed by atoms with van der Waals surface area (Å²) in [6, 6.07) is 11.2. The lowest BCUT2D eigenvalue weighted by Crippen LogP contribution is -2.38. The number of rotatable bonds is 6. The smallest absolute Gasteiger partial charge is 0.265 e. The molecule has 2 fully saturated rings. The van der Waals surface area contributed by atoms with Gasteiger partial charge in [-0.1, -0.05) is 0 Å². The molecule has 0 unspecified atom stereocenters. The molecule has 1 saturated heterocycles. The fourth-order valence-corrected chi connectivity index (χ4v) is 4.27. The van der Waals surface area contributed by atoms with Gasteiger partial charge < -0.3 is 21.3 Å². The minimum atomic E-state index is -0.216. The summed E-state index contributed by atoms with van der Waals surface area (Å²) in [7, 11) is 0. The summed E-state index contributed by atoms with van der Waals surface area (Å²) in [5, 5.41) is 6.45. The predicted molar refractivity (Wildman–Crippen MR) is 114 cm³/mol. The van der Waals surface area contributed by atoms with E-state index >= 15 is 0 Å². The molecule has 1 aliphatic heterocycles. The van der Waals surface area contributed by atoms with Crippen LogP contribution in [0.4, 0.5) is 16.4 Å². The highest BCUT2D eigenvalue weighted by atomic mass is 32.1. The van der Waals surface area contributed by atoms with Gasteiger partial charge in [-0.2, -0.15) is 0 Å². The fourth-order valence-electron chi connectivity index (χ4n) is 3.47. The maximum Gasteiger partial charge on any atom is 0.265 e. The van der Waals surface area contributed by atoms with Gasteiger partial charge in [0.05, 0.1) is 9.88 Å². The molecule has 4 rings (SSSR count). The molecule has 0 atom stereocenters. The summed E-state index contributed by atoms with van der Waals surface area (Å²) in [6.45, 7) is 1.59. The van der Waals surface area contributed by atoms with Crippen LogP contribution in [0.1, 0.15) is 35.4 Å². The van der Waals surface area contributed by atoms with Crippen LogP contribution in [0, 0.1) is 11.8 Å². The van der Waals surface area contributed by atoms with E-state index in [1.807, 2.05) is 24.3 Å². The summed E-state index contributed by atoms with van der Waals surface area (Å²) in [6.07, 6.45) is 3.44. The zero-order valence-corrected chi connectivity index (χ0v) is 16.8. The molecule has 4 N–H and O–H groups in total. The number of nitrogens with two attached hydrogens (primary N) is 1. The number of primary amides is 1. The van der Waals surface area contributed by atoms with Gasteiger partial charge in [0.2, 0.25) is 11.8 Å². The third-order valence-corrected chi connectivity index (χ3v) is 6.41. The van der Waals surface area contributed by atoms with E-state index in [9.17, 15) is 14.4 Å². The number of benzene rings is 1. The van der Waals surface area contributed by atoms with Crippen molar-refractivity contribution in [3.63, 3.8) is 0 Å². The van der Waals surface area contributed by atoms with Crippen LogP contribution in [0.3, 0.4) is 0 Å². The van der Waals surface area contributed by atoms with Gasteiger partial charge in [0, 0.05) is 36.3 Å². The Morgan fingerprint density at radius 3 is 2.21 bits per heavy atom. The van der Waals surface area contributed by atoms with E-state index in [0.29, 0.717) is 15.6 Å². The SMILES string of the molecule is NC(=O)C1CCN(c2ccc(NC(=O)c3ccc(NC(=O)C4CC4)s3)cc2)CC1. The van der Waals surface area contributed by atoms with Crippen molar-refractivity contribution >= 4 is 45.4 Å². The molecule has 29 heavy (non-hydrogen) atoms. The number of hydrogen-bond donors (Lipinski definition) is 3. The zero-order chi connectivity index (χ0) is 20.4. The summed E-state index contributed by atoms with van der Waals surface area (Å²) in [5.74, 6) is -0.276. The Morgan fingerprint density at radius 2 is 1.59 bits per heavy atom. The number of nitrogens with one attached hydrogen (secondary N) is 2. The normalized spacial score (nSPS) is 17.0. The second kappa shape index (κ2) is 8.24. The van der Waals surface area contributed by atoms with Gasteiger partial charge in [0.15, 0.2) is 0 Å². The van der Waals surface area contributed by atoms with E-state index in [4.69, 9.17) is 5.73 Å². The third-order valence-electron chi connectivity index (χ3n) is 5.41. The predicted octanol–water partition coefficient (Wildman–Crippen LogP) is 3.05. The van der Waals surface area contributed by atoms with Crippen LogP contribution >= 0.6 is 11.3 Å². The monoisotopic (exact) mass is 412 g/mol. The molecule has 1 aromatic heterocycles. The molecule has 0 bridgehead atoms. The van der Waals surface area contributed by atoms with Crippen molar-refractivity contribution in [2.75, 3.05) is 28.6 Å². The Labute approximate surface area is 173 Å². The van der Waals surface area contributed by atoms with E-state index in [1.165, 1.54) is 11.3 Å². The second-order valence-corrected chi connectivity index (χ2v) is 8.68. The molecule has 0 spiro atoms. The Bertz CT molecular complexity index is 912. The van der Waals surface area contributed by atoms with Crippen molar-refractivity contribution in [3.05, 3.63) is 41.3 Å². The van der Waals surface area contributed by atoms with Gasteiger partial charge in [-0.3, -0.25) is 14.4 Å². The molecule has 0 radical (unpaired) electrons. The van der Waals surface area contributed by atoms with Crippen molar-refractivity contribution in [2.45, 2.75) is 25.7 Å². The number of piperidine rings is 1. The first-order valence-corrected chi connectivity index (χ1v) is 10.7. The lowest BCUT2D eigenvalue weighted by molar-refractivity contribution is -0.122. The second-order valence-electron chi connectivity index (χ2n) is 7.59. The standard InChI is InChI=1S/C21H24N4O3S/c22-19(26)13-9-11-25(12-10-13)16-5-3-15(4-6-16)23-21(28)17-7-8-18(29-17)24-20(27)14-1-2-14/h3-8,13-14H,1-2,9-12H2,(H2,22,26)(H,23,28)(H,24,27). The van der Waals surface area contributed by atoms with Crippen LogP contribution in [0.25, 0.3) is 0 Å². The molecule has 7 nitrogen and oxygen atoms in total. The van der Waals surface area contributed by atoms with Gasteiger partial charge in [-0.25, -0.2) is 0 Å². The van der Waals surface area contributed by atoms with E-state index in [1.54, 1.807) is 12.1 Å². The van der Waals surface area contributed by atoms with Gasteiger partial charge in [0.25, 0.3) is 5.91 Å². The number of hydrogen-bond acceptors (Lipinski definition) is 5. The summed E-state index contributed by atoms with van der Waals surface area (Å²) in [4.78, 5) is 38.4. The van der Waals surface area contributed by atoms with Crippen molar-refractivity contribution in [3.8, 4) is 0 Å². The van der Waals surface area contributed by atoms with E-state index in [0.717, 1.165) is 44.5 Å². The highest BCUT2D eigenvalue weighted by Gasteiger charge is 2.30. The van der Waals surface area contributed by atoms with Crippen LogP contribution in [0.15, 0.2) is 36.4 Å². The lowest BCUT2D eigenvalue weighted by Gasteiger charge is -2.32. The Morgan fingerprint density at radius 1 is 0.897 bits per heavy atom. The molecule has 2 aliphatic rings. The summed E-state index contributed by atoms with van der Waals surface area (Å²) >= 11 is 1.27. The van der Waals surface area contributed by atoms with E-state index in [2.05, 4.69) is 15.5 Å². The Hall–Kier alpha value is -2.87. The number of carbonyl (C=O) groups is 3. The zero-order valence-electron chi connectivity index (χ0n) is 16.0. The average Bonchev–Trinajstić information content (AvgIpc) is 3.48. The van der Waals surface area contributed by atoms with Gasteiger partial charge in [-0.15, -0.1) is 11.3 Å². The summed E-state index contributed by atoms with van der Waals surface area (Å²) < 4.78 is 0. The van der Waals surface area contributed by atoms with Crippen LogP contribution in [0.2, 0.25) is 0 Å². The topological polar surface area (TPSA) is 105 Å². The van der Waals surface area contributed by atoms with Crippen LogP contribution in [0.5, 0.6) is 0 Å². The molecule has 3 amide bonds. The van der Waals surface area contributed by atoms with Gasteiger partial charge >= 0.3 is 0 Å². The first-order chi connectivity index (χ1) is 14.0. The molecule has 152 valence electrons. The highest BCUT2D eigenvalue weighted by molar-refractivity contribution is 7.18. The molecule has 1 saturated carbocycles. The maximum absolute atomic E-state index is 12.5. The van der Waals surface area contributed by atoms with Crippen LogP contribution in [-0.4, -0.2) is 30.8 Å². The highest BCUT2D eigenvalue weighted by Crippen LogP contribution is 2.32. The number of anilines is 3. The molecule has 1 aromatic carbocycles. The third kappa shape index (κ3) is 4.76. The largest absolute Gasteiger partial charge is 0.371 e. The fraction of sp³-hybridized carbons (Fsp3) is 0.381. The molecule has 8 heteroatoms. The van der Waals surface area contributed by atoms with Crippen LogP contribution in [-0.2, 0) is 9.59 Å². The molecular formula is C21H24N4O3S. The summed E-state index contributed by atoms with van der Waals surface area (Å²) in [5.41, 5.74) is 7.16. The van der Waals surface area contributed by atoms with Crippen molar-refractivity contribution in [1.29, 1.82) is 0 Å². The quantitative estimate of drug-likeness (QED) is 0.678. The van der Waals surface area contributed by atoms with E-state index in [-0.39, 0.29) is 29.6 Å². The van der Waals surface area contributed by atoms with E-state index < -0.39 is 0 Å². The molecule has 1 aliphatic carbocycles. The Balaban J connectivity index is 1.31. The van der Waals surface area contributed by atoms with Gasteiger partial charge in [0.1, 0.15) is 0 Å². The number of amides is 3. The molecule has 2 aromatic rings. The first kappa shape index (κ1) is 19.4. The Kier molecular flexibility index (Phi) is 5.53. The van der Waals surface area contributed by atoms with Crippen LogP contribution < -0.4 is 21.3 Å². The minimum absolute atomic E-state index is 0.0328. The number of nitrogens with zero attached hydrogens (tertiary/aromatic N) is 1. The maximum atomic E-state index is 12.5.